The normalized spacial score (nSPS) is 13.9. The van der Waals surface area contributed by atoms with Gasteiger partial charge < -0.3 is 15.0 Å². The molecule has 0 bridgehead atoms. The second-order valence-electron chi connectivity index (χ2n) is 6.61. The summed E-state index contributed by atoms with van der Waals surface area (Å²) in [6.07, 6.45) is 0.661. The molecule has 0 unspecified atom stereocenters. The van der Waals surface area contributed by atoms with Gasteiger partial charge in [0.05, 0.1) is 12.2 Å². The van der Waals surface area contributed by atoms with E-state index in [1.807, 2.05) is 0 Å². The third-order valence-electron chi connectivity index (χ3n) is 4.00. The van der Waals surface area contributed by atoms with Crippen LogP contribution in [0.3, 0.4) is 0 Å². The Morgan fingerprint density at radius 3 is 2.65 bits per heavy atom. The number of rotatable bonds is 4. The average Bonchev–Trinajstić information content (AvgIpc) is 2.96. The monoisotopic (exact) mass is 393 g/mol. The zero-order valence-electron chi connectivity index (χ0n) is 14.8. The number of hydrogen-bond acceptors (Lipinski definition) is 5. The van der Waals surface area contributed by atoms with Crippen LogP contribution < -0.4 is 10.1 Å². The minimum absolute atomic E-state index is 0.0902. The van der Waals surface area contributed by atoms with Crippen LogP contribution in [0, 0.1) is 0 Å². The molecule has 0 atom stereocenters. The Hall–Kier alpha value is -2.12. The number of hydrogen-bond donors (Lipinski definition) is 1. The van der Waals surface area contributed by atoms with E-state index < -0.39 is 5.60 Å². The van der Waals surface area contributed by atoms with E-state index in [1.165, 1.54) is 18.3 Å². The summed E-state index contributed by atoms with van der Waals surface area (Å²) in [5.41, 5.74) is -0.0598. The molecule has 0 aliphatic carbocycles. The first kappa shape index (κ1) is 18.7. The van der Waals surface area contributed by atoms with Crippen molar-refractivity contribution in [3.8, 4) is 5.75 Å². The van der Waals surface area contributed by atoms with Gasteiger partial charge in [-0.15, -0.1) is 0 Å². The van der Waals surface area contributed by atoms with Crippen LogP contribution in [-0.4, -0.2) is 33.8 Å². The minimum atomic E-state index is -1.00. The average molecular weight is 394 g/mol. The topological polar surface area (TPSA) is 71.5 Å². The fraction of sp³-hybridized carbons (Fsp3) is 0.389. The number of carbonyl (C=O) groups is 2. The molecule has 0 saturated heterocycles. The van der Waals surface area contributed by atoms with Gasteiger partial charge >= 0.3 is 0 Å². The minimum Gasteiger partial charge on any atom is -0.478 e. The van der Waals surface area contributed by atoms with Crippen LogP contribution in [0.2, 0.25) is 5.02 Å². The Labute approximate surface area is 161 Å². The molecule has 6 nitrogen and oxygen atoms in total. The highest BCUT2D eigenvalue weighted by molar-refractivity contribution is 7.15. The highest BCUT2D eigenvalue weighted by Crippen LogP contribution is 2.30. The van der Waals surface area contributed by atoms with E-state index in [1.54, 1.807) is 43.0 Å². The van der Waals surface area contributed by atoms with Crippen LogP contribution in [0.15, 0.2) is 24.3 Å². The zero-order valence-corrected chi connectivity index (χ0v) is 16.4. The Kier molecular flexibility index (Phi) is 5.20. The van der Waals surface area contributed by atoms with E-state index in [-0.39, 0.29) is 11.8 Å². The molecule has 1 aliphatic rings. The number of benzene rings is 1. The fourth-order valence-electron chi connectivity index (χ4n) is 2.79. The molecule has 1 N–H and O–H groups in total. The van der Waals surface area contributed by atoms with Gasteiger partial charge in [-0.25, -0.2) is 4.98 Å². The third-order valence-corrected chi connectivity index (χ3v) is 5.25. The van der Waals surface area contributed by atoms with Crippen molar-refractivity contribution in [2.75, 3.05) is 11.9 Å². The van der Waals surface area contributed by atoms with Crippen LogP contribution in [0.4, 0.5) is 5.13 Å². The van der Waals surface area contributed by atoms with Crippen molar-refractivity contribution in [1.29, 1.82) is 0 Å². The summed E-state index contributed by atoms with van der Waals surface area (Å²) in [4.78, 5) is 31.4. The van der Waals surface area contributed by atoms with Gasteiger partial charge in [-0.05, 0) is 38.1 Å². The Balaban J connectivity index is 1.70. The number of nitrogens with one attached hydrogen (secondary N) is 1. The van der Waals surface area contributed by atoms with Crippen molar-refractivity contribution in [3.63, 3.8) is 0 Å². The maximum Gasteiger partial charge on any atom is 0.266 e. The molecule has 1 aliphatic heterocycles. The van der Waals surface area contributed by atoms with Gasteiger partial charge in [-0.2, -0.15) is 0 Å². The van der Waals surface area contributed by atoms with Gasteiger partial charge in [0.1, 0.15) is 5.75 Å². The number of ether oxygens (including phenoxy) is 1. The number of amides is 2. The summed E-state index contributed by atoms with van der Waals surface area (Å²) in [6, 6.07) is 6.94. The molecule has 26 heavy (non-hydrogen) atoms. The zero-order chi connectivity index (χ0) is 18.9. The molecular weight excluding hydrogens is 374 g/mol. The molecule has 2 aromatic rings. The van der Waals surface area contributed by atoms with Gasteiger partial charge in [0.2, 0.25) is 5.91 Å². The number of aromatic nitrogens is 1. The van der Waals surface area contributed by atoms with Gasteiger partial charge in [-0.3, -0.25) is 9.59 Å². The third kappa shape index (κ3) is 4.16. The van der Waals surface area contributed by atoms with Crippen molar-refractivity contribution >= 4 is 39.9 Å². The number of thiazole rings is 1. The van der Waals surface area contributed by atoms with Crippen LogP contribution in [0.1, 0.15) is 31.3 Å². The van der Waals surface area contributed by atoms with Gasteiger partial charge in [0.15, 0.2) is 10.7 Å². The maximum absolute atomic E-state index is 13.0. The van der Waals surface area contributed by atoms with Gasteiger partial charge in [-0.1, -0.05) is 22.9 Å². The van der Waals surface area contributed by atoms with Gasteiger partial charge in [0.25, 0.3) is 5.91 Å². The Bertz CT molecular complexity index is 833. The fourth-order valence-corrected chi connectivity index (χ4v) is 3.99. The van der Waals surface area contributed by atoms with Crippen LogP contribution >= 0.6 is 22.9 Å². The second-order valence-corrected chi connectivity index (χ2v) is 8.13. The number of carbonyl (C=O) groups excluding carboxylic acids is 2. The first-order valence-corrected chi connectivity index (χ1v) is 9.44. The van der Waals surface area contributed by atoms with E-state index in [0.717, 1.165) is 10.6 Å². The molecule has 3 rings (SSSR count). The first-order chi connectivity index (χ1) is 12.2. The van der Waals surface area contributed by atoms with E-state index in [0.29, 0.717) is 35.4 Å². The molecule has 0 fully saturated rings. The van der Waals surface area contributed by atoms with E-state index in [4.69, 9.17) is 16.3 Å². The van der Waals surface area contributed by atoms with Crippen LogP contribution in [-0.2, 0) is 22.6 Å². The maximum atomic E-state index is 13.0. The summed E-state index contributed by atoms with van der Waals surface area (Å²) in [7, 11) is 0. The predicted octanol–water partition coefficient (Wildman–Crippen LogP) is 3.50. The molecule has 2 amide bonds. The molecule has 1 aromatic carbocycles. The summed E-state index contributed by atoms with van der Waals surface area (Å²) in [5.74, 6) is 0.352. The highest BCUT2D eigenvalue weighted by atomic mass is 35.5. The lowest BCUT2D eigenvalue weighted by Gasteiger charge is -2.34. The van der Waals surface area contributed by atoms with Gasteiger partial charge in [0, 0.05) is 29.8 Å². The highest BCUT2D eigenvalue weighted by Gasteiger charge is 2.36. The number of anilines is 1. The Morgan fingerprint density at radius 2 is 2.00 bits per heavy atom. The van der Waals surface area contributed by atoms with Crippen LogP contribution in [0.25, 0.3) is 0 Å². The smallest absolute Gasteiger partial charge is 0.266 e. The molecule has 0 saturated carbocycles. The van der Waals surface area contributed by atoms with E-state index >= 15 is 0 Å². The molecule has 0 spiro atoms. The molecule has 0 radical (unpaired) electrons. The first-order valence-electron chi connectivity index (χ1n) is 8.25. The van der Waals surface area contributed by atoms with Crippen molar-refractivity contribution in [2.24, 2.45) is 0 Å². The summed E-state index contributed by atoms with van der Waals surface area (Å²) < 4.78 is 5.90. The SMILES string of the molecule is CC(=O)Nc1nc2c(s1)CN(C(=O)C(C)(C)Oc1ccc(Cl)cc1)CC2. The predicted molar refractivity (Wildman–Crippen MR) is 102 cm³/mol. The summed E-state index contributed by atoms with van der Waals surface area (Å²) in [6.45, 7) is 6.01. The van der Waals surface area contributed by atoms with E-state index in [2.05, 4.69) is 10.3 Å². The largest absolute Gasteiger partial charge is 0.478 e. The lowest BCUT2D eigenvalue weighted by atomic mass is 10.1. The van der Waals surface area contributed by atoms with Crippen molar-refractivity contribution in [2.45, 2.75) is 39.3 Å². The lowest BCUT2D eigenvalue weighted by Crippen LogP contribution is -2.50. The molecule has 1 aromatic heterocycles. The summed E-state index contributed by atoms with van der Waals surface area (Å²) in [5, 5.41) is 3.90. The van der Waals surface area contributed by atoms with Crippen molar-refractivity contribution < 1.29 is 14.3 Å². The van der Waals surface area contributed by atoms with Crippen LogP contribution in [0.5, 0.6) is 5.75 Å². The number of nitrogens with zero attached hydrogens (tertiary/aromatic N) is 2. The Morgan fingerprint density at radius 1 is 1.31 bits per heavy atom. The lowest BCUT2D eigenvalue weighted by molar-refractivity contribution is -0.146. The van der Waals surface area contributed by atoms with Crippen molar-refractivity contribution in [3.05, 3.63) is 39.9 Å². The van der Waals surface area contributed by atoms with E-state index in [9.17, 15) is 9.59 Å². The standard InChI is InChI=1S/C18H20ClN3O3S/c1-11(23)20-17-21-14-8-9-22(10-15(14)26-17)16(24)18(2,3)25-13-6-4-12(19)5-7-13/h4-7H,8-10H2,1-3H3,(H,20,21,23). The second kappa shape index (κ2) is 7.25. The molecule has 138 valence electrons. The molecule has 2 heterocycles. The number of fused-ring (bicyclic) bond motifs is 1. The quantitative estimate of drug-likeness (QED) is 0.862. The molecule has 8 heteroatoms. The van der Waals surface area contributed by atoms with Crippen molar-refractivity contribution in [1.82, 2.24) is 9.88 Å². The summed E-state index contributed by atoms with van der Waals surface area (Å²) >= 11 is 7.30. The number of halogens is 1. The molecular formula is C18H20ClN3O3S.